The number of carbonyl (C=O) groups is 1. The van der Waals surface area contributed by atoms with Crippen molar-refractivity contribution in [1.29, 1.82) is 0 Å². The van der Waals surface area contributed by atoms with E-state index in [1.54, 1.807) is 0 Å². The Morgan fingerprint density at radius 3 is 2.38 bits per heavy atom. The fourth-order valence-electron chi connectivity index (χ4n) is 1.91. The molecule has 1 aromatic carbocycles. The van der Waals surface area contributed by atoms with Crippen LogP contribution in [-0.2, 0) is 11.2 Å². The maximum Gasteiger partial charge on any atom is 0.228 e. The van der Waals surface area contributed by atoms with Crippen LogP contribution in [0.2, 0.25) is 0 Å². The van der Waals surface area contributed by atoms with E-state index in [1.807, 2.05) is 44.2 Å². The Bertz CT molecular complexity index is 383. The van der Waals surface area contributed by atoms with Gasteiger partial charge in [-0.1, -0.05) is 42.8 Å². The topological polar surface area (TPSA) is 17.1 Å². The second-order valence-corrected chi connectivity index (χ2v) is 4.97. The minimum Gasteiger partial charge on any atom is -0.281 e. The maximum atomic E-state index is 11.5. The largest absolute Gasteiger partial charge is 0.281 e. The lowest BCUT2D eigenvalue weighted by molar-refractivity contribution is -0.119. The van der Waals surface area contributed by atoms with Crippen molar-refractivity contribution in [3.05, 3.63) is 48.0 Å². The van der Waals surface area contributed by atoms with E-state index in [4.69, 9.17) is 11.6 Å². The molecule has 0 aliphatic heterocycles. The van der Waals surface area contributed by atoms with E-state index in [0.717, 1.165) is 11.1 Å². The molecule has 0 saturated heterocycles. The van der Waals surface area contributed by atoms with Gasteiger partial charge in [0.1, 0.15) is 0 Å². The van der Waals surface area contributed by atoms with E-state index in [2.05, 4.69) is 6.58 Å². The maximum absolute atomic E-state index is 11.5. The highest BCUT2D eigenvalue weighted by molar-refractivity contribution is 6.64. The van der Waals surface area contributed by atoms with Crippen LogP contribution in [-0.4, -0.2) is 5.24 Å². The first-order chi connectivity index (χ1) is 7.44. The molecule has 1 nitrogen and oxygen atoms in total. The number of hydrogen-bond acceptors (Lipinski definition) is 1. The molecule has 86 valence electrons. The fraction of sp³-hybridized carbons (Fsp3) is 0.357. The van der Waals surface area contributed by atoms with Gasteiger partial charge < -0.3 is 0 Å². The Kier molecular flexibility index (Phi) is 4.31. The van der Waals surface area contributed by atoms with E-state index < -0.39 is 5.41 Å². The van der Waals surface area contributed by atoms with Crippen LogP contribution in [0.4, 0.5) is 0 Å². The average molecular weight is 237 g/mol. The summed E-state index contributed by atoms with van der Waals surface area (Å²) in [6.45, 7) is 7.67. The highest BCUT2D eigenvalue weighted by atomic mass is 35.5. The van der Waals surface area contributed by atoms with E-state index in [-0.39, 0.29) is 5.24 Å². The lowest BCUT2D eigenvalue weighted by Gasteiger charge is -2.25. The number of hydrogen-bond donors (Lipinski definition) is 0. The number of rotatable bonds is 5. The van der Waals surface area contributed by atoms with Crippen molar-refractivity contribution in [2.45, 2.75) is 26.7 Å². The zero-order valence-corrected chi connectivity index (χ0v) is 10.6. The van der Waals surface area contributed by atoms with Crippen molar-refractivity contribution in [3.63, 3.8) is 0 Å². The summed E-state index contributed by atoms with van der Waals surface area (Å²) in [7, 11) is 0. The van der Waals surface area contributed by atoms with E-state index in [1.165, 1.54) is 0 Å². The molecule has 0 N–H and O–H groups in total. The molecule has 2 heteroatoms. The summed E-state index contributed by atoms with van der Waals surface area (Å²) < 4.78 is 0. The molecule has 0 spiro atoms. The monoisotopic (exact) mass is 236 g/mol. The van der Waals surface area contributed by atoms with Crippen molar-refractivity contribution in [2.75, 3.05) is 0 Å². The van der Waals surface area contributed by atoms with Crippen molar-refractivity contribution in [3.8, 4) is 0 Å². The molecule has 0 amide bonds. The predicted octanol–water partition coefficient (Wildman–Crippen LogP) is 3.97. The molecule has 0 saturated carbocycles. The summed E-state index contributed by atoms with van der Waals surface area (Å²) in [5.74, 6) is 0. The third-order valence-corrected chi connectivity index (χ3v) is 3.06. The van der Waals surface area contributed by atoms with Gasteiger partial charge in [0.05, 0.1) is 0 Å². The normalized spacial score (nSPS) is 14.2. The predicted molar refractivity (Wildman–Crippen MR) is 68.5 cm³/mol. The van der Waals surface area contributed by atoms with Crippen molar-refractivity contribution < 1.29 is 4.79 Å². The van der Waals surface area contributed by atoms with Gasteiger partial charge in [-0.2, -0.15) is 0 Å². The Labute approximate surface area is 102 Å². The first-order valence-corrected chi connectivity index (χ1v) is 5.70. The summed E-state index contributed by atoms with van der Waals surface area (Å²) >= 11 is 5.70. The molecular weight excluding hydrogens is 220 g/mol. The Hall–Kier alpha value is -1.08. The molecule has 0 aliphatic rings. The molecule has 0 heterocycles. The third kappa shape index (κ3) is 3.49. The van der Waals surface area contributed by atoms with Gasteiger partial charge in [0.25, 0.3) is 0 Å². The van der Waals surface area contributed by atoms with Crippen LogP contribution >= 0.6 is 11.6 Å². The number of allylic oxidation sites excluding steroid dienone is 1. The molecule has 0 bridgehead atoms. The number of halogens is 1. The Morgan fingerprint density at radius 2 is 1.94 bits per heavy atom. The van der Waals surface area contributed by atoms with Gasteiger partial charge >= 0.3 is 0 Å². The minimum atomic E-state index is -0.547. The molecule has 16 heavy (non-hydrogen) atoms. The van der Waals surface area contributed by atoms with Crippen LogP contribution in [0.1, 0.15) is 25.8 Å². The van der Waals surface area contributed by atoms with E-state index >= 15 is 0 Å². The SMILES string of the molecule is C=C(C)C[C@@](C)(Cc1ccccc1)C(=O)Cl. The smallest absolute Gasteiger partial charge is 0.228 e. The molecule has 1 aromatic rings. The second kappa shape index (κ2) is 5.31. The first-order valence-electron chi connectivity index (χ1n) is 5.32. The second-order valence-electron chi connectivity index (χ2n) is 4.63. The molecule has 0 aliphatic carbocycles. The van der Waals surface area contributed by atoms with Crippen LogP contribution in [0.15, 0.2) is 42.5 Å². The average Bonchev–Trinajstić information content (AvgIpc) is 2.17. The van der Waals surface area contributed by atoms with E-state index in [0.29, 0.717) is 12.8 Å². The summed E-state index contributed by atoms with van der Waals surface area (Å²) in [4.78, 5) is 11.5. The molecule has 0 unspecified atom stereocenters. The lowest BCUT2D eigenvalue weighted by Crippen LogP contribution is -2.27. The van der Waals surface area contributed by atoms with Gasteiger partial charge in [-0.3, -0.25) is 4.79 Å². The van der Waals surface area contributed by atoms with Crippen molar-refractivity contribution in [1.82, 2.24) is 0 Å². The summed E-state index contributed by atoms with van der Waals surface area (Å²) in [6.07, 6.45) is 1.28. The molecule has 0 fully saturated rings. The summed E-state index contributed by atoms with van der Waals surface area (Å²) in [6, 6.07) is 9.92. The van der Waals surface area contributed by atoms with Crippen LogP contribution < -0.4 is 0 Å². The van der Waals surface area contributed by atoms with Crippen molar-refractivity contribution in [2.24, 2.45) is 5.41 Å². The standard InChI is InChI=1S/C14H17ClO/c1-11(2)9-14(3,13(15)16)10-12-7-5-4-6-8-12/h4-8H,1,9-10H2,2-3H3/t14-/m0/s1. The zero-order valence-electron chi connectivity index (χ0n) is 9.79. The molecule has 0 radical (unpaired) electrons. The van der Waals surface area contributed by atoms with Crippen molar-refractivity contribution >= 4 is 16.8 Å². The van der Waals surface area contributed by atoms with Gasteiger partial charge in [0.2, 0.25) is 5.24 Å². The number of carbonyl (C=O) groups excluding carboxylic acids is 1. The summed E-state index contributed by atoms with van der Waals surface area (Å²) in [5, 5.41) is -0.292. The quantitative estimate of drug-likeness (QED) is 0.559. The Morgan fingerprint density at radius 1 is 1.38 bits per heavy atom. The molecule has 1 atom stereocenters. The van der Waals surface area contributed by atoms with Crippen LogP contribution in [0.25, 0.3) is 0 Å². The van der Waals surface area contributed by atoms with Gasteiger partial charge in [-0.25, -0.2) is 0 Å². The highest BCUT2D eigenvalue weighted by Gasteiger charge is 2.31. The fourth-order valence-corrected chi connectivity index (χ4v) is 2.05. The van der Waals surface area contributed by atoms with E-state index in [9.17, 15) is 4.79 Å². The van der Waals surface area contributed by atoms with Crippen LogP contribution in [0.5, 0.6) is 0 Å². The van der Waals surface area contributed by atoms with Crippen LogP contribution in [0, 0.1) is 5.41 Å². The molecule has 0 aromatic heterocycles. The highest BCUT2D eigenvalue weighted by Crippen LogP contribution is 2.32. The first kappa shape index (κ1) is 13.0. The number of benzene rings is 1. The molecule has 1 rings (SSSR count). The van der Waals surface area contributed by atoms with Gasteiger partial charge in [-0.15, -0.1) is 6.58 Å². The van der Waals surface area contributed by atoms with Crippen LogP contribution in [0.3, 0.4) is 0 Å². The zero-order chi connectivity index (χ0) is 12.2. The summed E-state index contributed by atoms with van der Waals surface area (Å²) in [5.41, 5.74) is 1.56. The third-order valence-electron chi connectivity index (χ3n) is 2.60. The lowest BCUT2D eigenvalue weighted by atomic mass is 9.80. The minimum absolute atomic E-state index is 0.292. The Balaban J connectivity index is 2.87. The van der Waals surface area contributed by atoms with Gasteiger partial charge in [0, 0.05) is 5.41 Å². The van der Waals surface area contributed by atoms with Gasteiger partial charge in [0.15, 0.2) is 0 Å². The molecular formula is C14H17ClO. The van der Waals surface area contributed by atoms with Gasteiger partial charge in [-0.05, 0) is 36.9 Å².